The van der Waals surface area contributed by atoms with Gasteiger partial charge in [-0.3, -0.25) is 18.7 Å². The van der Waals surface area contributed by atoms with Gasteiger partial charge in [-0.2, -0.15) is 0 Å². The second-order valence-electron chi connectivity index (χ2n) is 14.5. The molecule has 0 spiro atoms. The summed E-state index contributed by atoms with van der Waals surface area (Å²) in [4.78, 5) is 37.8. The zero-order chi connectivity index (χ0) is 39.1. The van der Waals surface area contributed by atoms with Gasteiger partial charge in [-0.1, -0.05) is 148 Å². The van der Waals surface area contributed by atoms with E-state index in [1.165, 1.54) is 96.8 Å². The molecule has 0 aromatic carbocycles. The predicted octanol–water partition coefficient (Wildman–Crippen LogP) is 12.0. The van der Waals surface area contributed by atoms with Crippen LogP contribution in [0.3, 0.4) is 0 Å². The van der Waals surface area contributed by atoms with Crippen molar-refractivity contribution < 1.29 is 37.6 Å². The van der Waals surface area contributed by atoms with Crippen LogP contribution in [-0.4, -0.2) is 44.0 Å². The summed E-state index contributed by atoms with van der Waals surface area (Å²) < 4.78 is 33.5. The van der Waals surface area contributed by atoms with Crippen molar-refractivity contribution in [2.75, 3.05) is 19.7 Å². The van der Waals surface area contributed by atoms with Gasteiger partial charge < -0.3 is 24.2 Å². The molecular formula is C43H81NO8P-. The number of phosphoric acid groups is 1. The van der Waals surface area contributed by atoms with Gasteiger partial charge in [0.1, 0.15) is 0 Å². The summed E-state index contributed by atoms with van der Waals surface area (Å²) in [5.41, 5.74) is 0. The monoisotopic (exact) mass is 771 g/mol. The maximum absolute atomic E-state index is 12.7. The smallest absolute Gasteiger partial charge is 0.308 e. The third-order valence-corrected chi connectivity index (χ3v) is 10.2. The molecule has 0 rings (SSSR count). The fourth-order valence-electron chi connectivity index (χ4n) is 5.96. The van der Waals surface area contributed by atoms with E-state index in [9.17, 15) is 19.0 Å². The first-order chi connectivity index (χ1) is 25.8. The largest absolute Gasteiger partial charge is 0.756 e. The molecule has 0 saturated carbocycles. The molecule has 0 aromatic rings. The molecule has 312 valence electrons. The number of hydrogen-bond acceptors (Lipinski definition) is 9. The van der Waals surface area contributed by atoms with E-state index in [0.29, 0.717) is 25.9 Å². The number of rotatable bonds is 40. The van der Waals surface area contributed by atoms with E-state index in [2.05, 4.69) is 43.5 Å². The van der Waals surface area contributed by atoms with Crippen LogP contribution >= 0.6 is 7.82 Å². The maximum Gasteiger partial charge on any atom is 0.308 e. The molecule has 0 aliphatic rings. The predicted molar refractivity (Wildman–Crippen MR) is 218 cm³/mol. The summed E-state index contributed by atoms with van der Waals surface area (Å²) in [5, 5.41) is 2.97. The number of esters is 2. The van der Waals surface area contributed by atoms with E-state index in [-0.39, 0.29) is 19.4 Å². The van der Waals surface area contributed by atoms with Gasteiger partial charge in [0.25, 0.3) is 7.82 Å². The van der Waals surface area contributed by atoms with Crippen molar-refractivity contribution >= 4 is 19.8 Å². The minimum atomic E-state index is -4.83. The summed E-state index contributed by atoms with van der Waals surface area (Å²) in [6.07, 6.45) is 36.8. The van der Waals surface area contributed by atoms with Gasteiger partial charge in [-0.25, -0.2) is 0 Å². The zero-order valence-corrected chi connectivity index (χ0v) is 35.5. The number of hydrogen-bond donors (Lipinski definition) is 1. The van der Waals surface area contributed by atoms with Crippen LogP contribution < -0.4 is 10.2 Å². The molecule has 1 N–H and O–H groups in total. The Morgan fingerprint density at radius 1 is 0.585 bits per heavy atom. The fourth-order valence-corrected chi connectivity index (χ4v) is 6.80. The molecule has 0 aliphatic carbocycles. The molecular weight excluding hydrogens is 689 g/mol. The Balaban J connectivity index is 4.42. The number of nitrogens with one attached hydrogen (secondary N) is 1. The van der Waals surface area contributed by atoms with Crippen molar-refractivity contribution in [3.05, 3.63) is 24.3 Å². The first-order valence-corrected chi connectivity index (χ1v) is 23.2. The van der Waals surface area contributed by atoms with Crippen LogP contribution in [0.2, 0.25) is 0 Å². The molecule has 0 saturated heterocycles. The van der Waals surface area contributed by atoms with Gasteiger partial charge in [0.2, 0.25) is 6.29 Å². The van der Waals surface area contributed by atoms with Crippen LogP contribution in [0.25, 0.3) is 0 Å². The minimum absolute atomic E-state index is 0.123. The lowest BCUT2D eigenvalue weighted by atomic mass is 10.1. The lowest BCUT2D eigenvalue weighted by Gasteiger charge is -2.30. The van der Waals surface area contributed by atoms with Crippen LogP contribution in [-0.2, 0) is 32.7 Å². The average molecular weight is 771 g/mol. The Morgan fingerprint density at radius 3 is 1.38 bits per heavy atom. The van der Waals surface area contributed by atoms with Gasteiger partial charge >= 0.3 is 11.9 Å². The highest BCUT2D eigenvalue weighted by molar-refractivity contribution is 7.45. The van der Waals surface area contributed by atoms with Crippen molar-refractivity contribution in [1.29, 1.82) is 0 Å². The summed E-state index contributed by atoms with van der Waals surface area (Å²) in [6.45, 7) is 8.70. The molecule has 0 fully saturated rings. The van der Waals surface area contributed by atoms with Crippen molar-refractivity contribution in [3.8, 4) is 0 Å². The standard InChI is InChI=1S/C43H82NO8P/c1-5-8-10-12-14-16-18-20-22-24-26-28-30-32-34-36-41(45)50-40(4)43(52-53(47,48)49-39-38-44-7-3)51-42(46)37-35-33-31-29-27-25-23-21-19-17-15-13-11-9-6-2/h20-23,40,43-44H,5-19,24-39H2,1-4H3,(H,47,48)/p-1/b22-20-,23-21-/t40-,43?/m0/s1. The second kappa shape index (κ2) is 38.8. The molecule has 0 aliphatic heterocycles. The van der Waals surface area contributed by atoms with Crippen molar-refractivity contribution in [3.63, 3.8) is 0 Å². The van der Waals surface area contributed by atoms with E-state index in [4.69, 9.17) is 18.5 Å². The zero-order valence-electron chi connectivity index (χ0n) is 34.6. The highest BCUT2D eigenvalue weighted by atomic mass is 31.2. The SMILES string of the molecule is CCCCCCCC/C=C\CCCCCCCC(=O)OC(OP(=O)([O-])OCCNCC)[C@H](C)OC(=O)CCCCCCC/C=C\CCCCCCCC. The molecule has 0 heterocycles. The number of unbranched alkanes of at least 4 members (excludes halogenated alkanes) is 22. The molecule has 3 atom stereocenters. The number of likely N-dealkylation sites (N-methyl/N-ethyl adjacent to an activating group) is 1. The number of carbonyl (C=O) groups is 2. The first kappa shape index (κ1) is 51.5. The highest BCUT2D eigenvalue weighted by Gasteiger charge is 2.30. The van der Waals surface area contributed by atoms with Gasteiger partial charge in [0, 0.05) is 19.4 Å². The lowest BCUT2D eigenvalue weighted by molar-refractivity contribution is -0.253. The topological polar surface area (TPSA) is 123 Å². The van der Waals surface area contributed by atoms with Crippen LogP contribution in [0, 0.1) is 0 Å². The van der Waals surface area contributed by atoms with Gasteiger partial charge in [-0.15, -0.1) is 0 Å². The van der Waals surface area contributed by atoms with E-state index >= 15 is 0 Å². The molecule has 0 bridgehead atoms. The number of ether oxygens (including phenoxy) is 2. The Labute approximate surface area is 325 Å². The van der Waals surface area contributed by atoms with Crippen molar-refractivity contribution in [2.24, 2.45) is 0 Å². The quantitative estimate of drug-likeness (QED) is 0.0213. The van der Waals surface area contributed by atoms with Crippen molar-refractivity contribution in [1.82, 2.24) is 5.32 Å². The normalized spacial score (nSPS) is 14.1. The lowest BCUT2D eigenvalue weighted by Crippen LogP contribution is -2.36. The Bertz CT molecular complexity index is 943. The van der Waals surface area contributed by atoms with Crippen molar-refractivity contribution in [2.45, 2.75) is 220 Å². The molecule has 0 radical (unpaired) electrons. The third kappa shape index (κ3) is 37.2. The van der Waals surface area contributed by atoms with Crippen LogP contribution in [0.15, 0.2) is 24.3 Å². The second-order valence-corrected chi connectivity index (χ2v) is 15.8. The fraction of sp³-hybridized carbons (Fsp3) is 0.860. The Hall–Kier alpha value is -1.51. The summed E-state index contributed by atoms with van der Waals surface area (Å²) in [5.74, 6) is -1.08. The molecule has 53 heavy (non-hydrogen) atoms. The summed E-state index contributed by atoms with van der Waals surface area (Å²) in [7, 11) is -4.83. The van der Waals surface area contributed by atoms with Crippen LogP contribution in [0.1, 0.15) is 207 Å². The number of carbonyl (C=O) groups excluding carboxylic acids is 2. The molecule has 9 nitrogen and oxygen atoms in total. The van der Waals surface area contributed by atoms with Gasteiger partial charge in [0.05, 0.1) is 6.61 Å². The summed E-state index contributed by atoms with van der Waals surface area (Å²) >= 11 is 0. The molecule has 10 heteroatoms. The Morgan fingerprint density at radius 2 is 0.962 bits per heavy atom. The van der Waals surface area contributed by atoms with Crippen LogP contribution in [0.5, 0.6) is 0 Å². The van der Waals surface area contributed by atoms with Gasteiger partial charge in [-0.05, 0) is 77.7 Å². The Kier molecular flexibility index (Phi) is 37.6. The minimum Gasteiger partial charge on any atom is -0.756 e. The van der Waals surface area contributed by atoms with Crippen LogP contribution in [0.4, 0.5) is 0 Å². The van der Waals surface area contributed by atoms with E-state index < -0.39 is 32.2 Å². The summed E-state index contributed by atoms with van der Waals surface area (Å²) in [6, 6.07) is 0. The molecule has 0 aromatic heterocycles. The van der Waals surface area contributed by atoms with Gasteiger partial charge in [0.15, 0.2) is 6.10 Å². The van der Waals surface area contributed by atoms with E-state index in [0.717, 1.165) is 64.2 Å². The third-order valence-electron chi connectivity index (χ3n) is 9.24. The highest BCUT2D eigenvalue weighted by Crippen LogP contribution is 2.41. The van der Waals surface area contributed by atoms with E-state index in [1.54, 1.807) is 0 Å². The number of allylic oxidation sites excluding steroid dienone is 4. The molecule has 2 unspecified atom stereocenters. The van der Waals surface area contributed by atoms with E-state index in [1.807, 2.05) is 6.92 Å². The molecule has 0 amide bonds. The first-order valence-electron chi connectivity index (χ1n) is 21.8. The average Bonchev–Trinajstić information content (AvgIpc) is 3.13. The maximum atomic E-state index is 12.7. The number of phosphoric ester groups is 1.